The number of esters is 2. The monoisotopic (exact) mass is 1190 g/mol. The number of hydrogen-bond donors (Lipinski definition) is 1. The number of rotatable bonds is 11. The Morgan fingerprint density at radius 1 is 0.545 bits per heavy atom. The lowest BCUT2D eigenvalue weighted by Crippen LogP contribution is -2.38. The number of carbonyl (C=O) groups is 4. The highest BCUT2D eigenvalue weighted by Crippen LogP contribution is 2.67. The van der Waals surface area contributed by atoms with E-state index >= 15 is 0 Å². The molecule has 8 unspecified atom stereocenters. The zero-order valence-electron chi connectivity index (χ0n) is 52.7. The smallest absolute Gasteiger partial charge is 0.331 e. The van der Waals surface area contributed by atoms with Crippen LogP contribution in [0.2, 0.25) is 0 Å². The average molecular weight is 1190 g/mol. The molecule has 0 aromatic heterocycles. The SMILES string of the molecule is CC1(C)C2CCC1(C)C(OC(=O)/C=C/c1ccc3c(c1)OCO3)C2.CC1(C)C2CCC1(C)C(OC(=O)/C=C/c1ccccc1)C2.COc1cc(C)cc2c1C(=O)CC(c1ccc(C)cc1)O2.COc1cc(CO)cc2c1C(=O)CC(c1ccc(C)cc1)O2. The summed E-state index contributed by atoms with van der Waals surface area (Å²) < 4.78 is 44.9. The van der Waals surface area contributed by atoms with Gasteiger partial charge in [-0.1, -0.05) is 138 Å². The number of carbonyl (C=O) groups excluding carboxylic acids is 4. The van der Waals surface area contributed by atoms with Crippen LogP contribution >= 0.6 is 0 Å². The number of hydrogen-bond acceptors (Lipinski definition) is 13. The van der Waals surface area contributed by atoms with Crippen LogP contribution in [0, 0.1) is 54.3 Å². The van der Waals surface area contributed by atoms with Crippen LogP contribution in [0.25, 0.3) is 12.2 Å². The molecule has 3 aliphatic heterocycles. The molecule has 0 radical (unpaired) electrons. The molecule has 0 spiro atoms. The molecule has 6 aromatic rings. The van der Waals surface area contributed by atoms with Crippen molar-refractivity contribution in [2.45, 2.75) is 145 Å². The number of fused-ring (bicyclic) bond motifs is 7. The zero-order chi connectivity index (χ0) is 62.7. The lowest BCUT2D eigenvalue weighted by molar-refractivity contribution is -0.151. The Morgan fingerprint density at radius 3 is 1.49 bits per heavy atom. The van der Waals surface area contributed by atoms with Crippen molar-refractivity contribution >= 4 is 35.7 Å². The first-order chi connectivity index (χ1) is 42.0. The van der Waals surface area contributed by atoms with E-state index in [0.717, 1.165) is 58.4 Å². The van der Waals surface area contributed by atoms with Crippen molar-refractivity contribution in [3.8, 4) is 34.5 Å². The molecule has 3 heterocycles. The minimum absolute atomic E-state index is 0.00633. The first-order valence-electron chi connectivity index (χ1n) is 30.8. The summed E-state index contributed by atoms with van der Waals surface area (Å²) >= 11 is 0. The Balaban J connectivity index is 0.000000130. The normalized spacial score (nSPS) is 25.1. The zero-order valence-corrected chi connectivity index (χ0v) is 52.7. The minimum Gasteiger partial charge on any atom is -0.496 e. The molecule has 88 heavy (non-hydrogen) atoms. The van der Waals surface area contributed by atoms with Gasteiger partial charge >= 0.3 is 11.9 Å². The molecule has 8 atom stereocenters. The summed E-state index contributed by atoms with van der Waals surface area (Å²) in [5, 5.41) is 9.34. The van der Waals surface area contributed by atoms with Gasteiger partial charge in [-0.25, -0.2) is 9.59 Å². The molecular formula is C75H84O13. The fraction of sp³-hybridized carbons (Fsp3) is 0.413. The van der Waals surface area contributed by atoms with Crippen LogP contribution in [-0.2, 0) is 25.7 Å². The maximum absolute atomic E-state index is 12.5. The van der Waals surface area contributed by atoms with Crippen molar-refractivity contribution in [3.63, 3.8) is 0 Å². The van der Waals surface area contributed by atoms with E-state index in [4.69, 9.17) is 37.9 Å². The van der Waals surface area contributed by atoms with E-state index in [2.05, 4.69) is 41.5 Å². The quantitative estimate of drug-likeness (QED) is 0.0964. The van der Waals surface area contributed by atoms with Gasteiger partial charge in [-0.15, -0.1) is 0 Å². The molecule has 0 amide bonds. The summed E-state index contributed by atoms with van der Waals surface area (Å²) in [5.74, 6) is 4.55. The molecule has 4 fully saturated rings. The van der Waals surface area contributed by atoms with Gasteiger partial charge in [0.25, 0.3) is 0 Å². The molecule has 4 aliphatic carbocycles. The minimum atomic E-state index is -0.306. The molecule has 13 rings (SSSR count). The van der Waals surface area contributed by atoms with Gasteiger partial charge in [0.2, 0.25) is 6.79 Å². The van der Waals surface area contributed by atoms with E-state index in [1.54, 1.807) is 31.4 Å². The predicted octanol–water partition coefficient (Wildman–Crippen LogP) is 15.9. The molecule has 6 aromatic carbocycles. The van der Waals surface area contributed by atoms with Crippen LogP contribution in [0.3, 0.4) is 0 Å². The highest BCUT2D eigenvalue weighted by molar-refractivity contribution is 6.03. The third kappa shape index (κ3) is 12.9. The van der Waals surface area contributed by atoms with Gasteiger partial charge in [-0.3, -0.25) is 9.59 Å². The summed E-state index contributed by atoms with van der Waals surface area (Å²) in [6.07, 6.45) is 13.7. The number of benzene rings is 6. The molecule has 4 bridgehead atoms. The summed E-state index contributed by atoms with van der Waals surface area (Å²) in [6, 6.07) is 38.7. The highest BCUT2D eigenvalue weighted by Gasteiger charge is 2.64. The average Bonchev–Trinajstić information content (AvgIpc) is 1.72. The predicted molar refractivity (Wildman–Crippen MR) is 339 cm³/mol. The van der Waals surface area contributed by atoms with E-state index in [1.807, 2.05) is 136 Å². The standard InChI is InChI=1S/C20H24O4.C19H24O2.C18H18O4.C18H18O3/c1-19(2)14-8-9-20(19,3)17(11-14)24-18(21)7-5-13-4-6-15-16(10-13)23-12-22-15;1-18(2)15-11-12-19(18,3)16(13-15)21-17(20)10-9-14-7-5-4-6-8-14;1-11-3-5-13(6-4-11)15-9-14(20)18-16(21-2)7-12(10-19)8-17(18)22-15;1-11-4-6-13(7-5-11)15-10-14(19)18-16(20-3)8-12(2)9-17(18)21-15/h4-7,10,14,17H,8-9,11-12H2,1-3H3;4-10,15-16H,11-13H2,1-3H3;3-8,15,19H,9-10H2,1-2H3;4-9,15H,10H2,1-3H3/b7-5+;10-9+;;. The lowest BCUT2D eigenvalue weighted by Gasteiger charge is -2.38. The second-order valence-corrected chi connectivity index (χ2v) is 26.2. The molecule has 462 valence electrons. The number of aliphatic hydroxyl groups is 1. The van der Waals surface area contributed by atoms with E-state index < -0.39 is 0 Å². The maximum atomic E-state index is 12.5. The van der Waals surface area contributed by atoms with E-state index in [-0.39, 0.29) is 89.4 Å². The Bertz CT molecular complexity index is 3600. The van der Waals surface area contributed by atoms with E-state index in [0.29, 0.717) is 63.7 Å². The molecular weight excluding hydrogens is 1110 g/mol. The third-order valence-electron chi connectivity index (χ3n) is 20.7. The molecule has 13 nitrogen and oxygen atoms in total. The number of ketones is 2. The number of aryl methyl sites for hydroxylation is 3. The third-order valence-corrected chi connectivity index (χ3v) is 20.7. The van der Waals surface area contributed by atoms with Crippen molar-refractivity contribution in [1.82, 2.24) is 0 Å². The first kappa shape index (κ1) is 62.9. The topological polar surface area (TPSA) is 162 Å². The van der Waals surface area contributed by atoms with Gasteiger partial charge < -0.3 is 43.0 Å². The van der Waals surface area contributed by atoms with Crippen LogP contribution in [0.4, 0.5) is 0 Å². The van der Waals surface area contributed by atoms with E-state index in [9.17, 15) is 24.3 Å². The Kier molecular flexibility index (Phi) is 18.5. The first-order valence-corrected chi connectivity index (χ1v) is 30.8. The summed E-state index contributed by atoms with van der Waals surface area (Å²) in [7, 11) is 3.09. The number of Topliss-reactive ketones (excluding diaryl/α,β-unsaturated/α-hetero) is 2. The van der Waals surface area contributed by atoms with Crippen LogP contribution in [-0.4, -0.2) is 61.8 Å². The van der Waals surface area contributed by atoms with Crippen molar-refractivity contribution in [1.29, 1.82) is 0 Å². The van der Waals surface area contributed by atoms with Gasteiger partial charge in [0, 0.05) is 23.0 Å². The second-order valence-electron chi connectivity index (χ2n) is 26.2. The summed E-state index contributed by atoms with van der Waals surface area (Å²) in [4.78, 5) is 49.3. The molecule has 4 saturated carbocycles. The fourth-order valence-corrected chi connectivity index (χ4v) is 14.3. The van der Waals surface area contributed by atoms with Gasteiger partial charge in [0.1, 0.15) is 58.5 Å². The Hall–Kier alpha value is -8.16. The highest BCUT2D eigenvalue weighted by atomic mass is 16.7. The van der Waals surface area contributed by atoms with Crippen LogP contribution in [0.15, 0.2) is 133 Å². The fourth-order valence-electron chi connectivity index (χ4n) is 14.3. The van der Waals surface area contributed by atoms with Gasteiger partial charge in [0.15, 0.2) is 23.1 Å². The molecule has 7 aliphatic rings. The van der Waals surface area contributed by atoms with Crippen molar-refractivity contribution in [2.75, 3.05) is 21.0 Å². The summed E-state index contributed by atoms with van der Waals surface area (Å²) in [5.41, 5.74) is 9.73. The summed E-state index contributed by atoms with van der Waals surface area (Å²) in [6.45, 7) is 20.0. The van der Waals surface area contributed by atoms with Gasteiger partial charge in [-0.2, -0.15) is 0 Å². The number of aliphatic hydroxyl groups excluding tert-OH is 1. The number of ether oxygens (including phenoxy) is 8. The maximum Gasteiger partial charge on any atom is 0.331 e. The Labute approximate surface area is 518 Å². The van der Waals surface area contributed by atoms with Gasteiger partial charge in [-0.05, 0) is 164 Å². The van der Waals surface area contributed by atoms with Crippen LogP contribution < -0.4 is 28.4 Å². The van der Waals surface area contributed by atoms with Crippen LogP contribution in [0.1, 0.15) is 170 Å². The van der Waals surface area contributed by atoms with Crippen molar-refractivity contribution in [2.24, 2.45) is 33.5 Å². The Morgan fingerprint density at radius 2 is 1.02 bits per heavy atom. The molecule has 1 N–H and O–H groups in total. The molecule has 0 saturated heterocycles. The van der Waals surface area contributed by atoms with Crippen molar-refractivity contribution in [3.05, 3.63) is 189 Å². The second kappa shape index (κ2) is 25.9. The van der Waals surface area contributed by atoms with Gasteiger partial charge in [0.05, 0.1) is 33.7 Å². The van der Waals surface area contributed by atoms with Crippen molar-refractivity contribution < 1.29 is 62.2 Å². The van der Waals surface area contributed by atoms with E-state index in [1.165, 1.54) is 38.0 Å². The van der Waals surface area contributed by atoms with Crippen LogP contribution in [0.5, 0.6) is 34.5 Å². The number of methoxy groups -OCH3 is 2. The molecule has 13 heteroatoms. The largest absolute Gasteiger partial charge is 0.496 e. The lowest BCUT2D eigenvalue weighted by atomic mass is 9.70.